The summed E-state index contributed by atoms with van der Waals surface area (Å²) in [6, 6.07) is 4.14. The zero-order valence-electron chi connectivity index (χ0n) is 7.67. The van der Waals surface area contributed by atoms with E-state index in [4.69, 9.17) is 0 Å². The highest BCUT2D eigenvalue weighted by atomic mass is 32.1. The first-order valence-corrected chi connectivity index (χ1v) is 5.14. The molecule has 0 unspecified atom stereocenters. The molecule has 0 fully saturated rings. The van der Waals surface area contributed by atoms with Gasteiger partial charge in [0.25, 0.3) is 0 Å². The van der Waals surface area contributed by atoms with Gasteiger partial charge in [0.05, 0.1) is 6.54 Å². The van der Waals surface area contributed by atoms with Crippen molar-refractivity contribution in [2.24, 2.45) is 0 Å². The van der Waals surface area contributed by atoms with Crippen LogP contribution in [-0.4, -0.2) is 26.0 Å². The lowest BCUT2D eigenvalue weighted by atomic mass is 10.3. The predicted octanol–water partition coefficient (Wildman–Crippen LogP) is 0.626. The minimum absolute atomic E-state index is 0.0335. The van der Waals surface area contributed by atoms with Gasteiger partial charge in [-0.2, -0.15) is 0 Å². The molecule has 1 aromatic rings. The standard InChI is InChI=1S/C9H14N2OS/c1-10-9(12)7-11-5-4-8-3-2-6-13-8/h2-3,6,11H,4-5,7H2,1H3,(H,10,12). The van der Waals surface area contributed by atoms with E-state index in [1.807, 2.05) is 6.07 Å². The topological polar surface area (TPSA) is 41.1 Å². The van der Waals surface area contributed by atoms with Gasteiger partial charge in [-0.1, -0.05) is 6.07 Å². The van der Waals surface area contributed by atoms with E-state index in [0.29, 0.717) is 6.54 Å². The molecule has 0 aliphatic rings. The van der Waals surface area contributed by atoms with Crippen molar-refractivity contribution in [3.63, 3.8) is 0 Å². The molecule has 0 spiro atoms. The van der Waals surface area contributed by atoms with Gasteiger partial charge >= 0.3 is 0 Å². The molecule has 1 aromatic heterocycles. The molecule has 3 nitrogen and oxygen atoms in total. The highest BCUT2D eigenvalue weighted by Crippen LogP contribution is 2.07. The molecule has 0 atom stereocenters. The Labute approximate surface area is 82.2 Å². The summed E-state index contributed by atoms with van der Waals surface area (Å²) in [6.45, 7) is 1.26. The number of hydrogen-bond donors (Lipinski definition) is 2. The highest BCUT2D eigenvalue weighted by Gasteiger charge is 1.96. The number of carbonyl (C=O) groups is 1. The Balaban J connectivity index is 2.05. The van der Waals surface area contributed by atoms with Gasteiger partial charge in [-0.15, -0.1) is 11.3 Å². The Bertz CT molecular complexity index is 246. The largest absolute Gasteiger partial charge is 0.358 e. The van der Waals surface area contributed by atoms with Crippen molar-refractivity contribution in [2.75, 3.05) is 20.1 Å². The number of amides is 1. The monoisotopic (exact) mass is 198 g/mol. The van der Waals surface area contributed by atoms with E-state index in [1.165, 1.54) is 4.88 Å². The van der Waals surface area contributed by atoms with Crippen LogP contribution in [0, 0.1) is 0 Å². The third-order valence-electron chi connectivity index (χ3n) is 1.69. The van der Waals surface area contributed by atoms with Crippen molar-refractivity contribution in [1.29, 1.82) is 0 Å². The maximum atomic E-state index is 10.8. The third-order valence-corrected chi connectivity index (χ3v) is 2.63. The van der Waals surface area contributed by atoms with E-state index in [2.05, 4.69) is 22.1 Å². The zero-order valence-corrected chi connectivity index (χ0v) is 8.49. The SMILES string of the molecule is CNC(=O)CNCCc1cccs1. The molecule has 0 aliphatic heterocycles. The van der Waals surface area contributed by atoms with Crippen LogP contribution in [0.5, 0.6) is 0 Å². The molecule has 1 heterocycles. The molecule has 1 rings (SSSR count). The van der Waals surface area contributed by atoms with E-state index in [-0.39, 0.29) is 5.91 Å². The fraction of sp³-hybridized carbons (Fsp3) is 0.444. The quantitative estimate of drug-likeness (QED) is 0.681. The third kappa shape index (κ3) is 4.05. The van der Waals surface area contributed by atoms with E-state index in [0.717, 1.165) is 13.0 Å². The lowest BCUT2D eigenvalue weighted by molar-refractivity contribution is -0.119. The fourth-order valence-electron chi connectivity index (χ4n) is 0.957. The van der Waals surface area contributed by atoms with Crippen LogP contribution >= 0.6 is 11.3 Å². The summed E-state index contributed by atoms with van der Waals surface area (Å²) < 4.78 is 0. The first-order chi connectivity index (χ1) is 6.33. The van der Waals surface area contributed by atoms with Crippen LogP contribution in [0.4, 0.5) is 0 Å². The van der Waals surface area contributed by atoms with E-state index < -0.39 is 0 Å². The van der Waals surface area contributed by atoms with Crippen LogP contribution in [0.15, 0.2) is 17.5 Å². The minimum Gasteiger partial charge on any atom is -0.358 e. The molecular formula is C9H14N2OS. The predicted molar refractivity (Wildman–Crippen MR) is 55.0 cm³/mol. The molecule has 4 heteroatoms. The van der Waals surface area contributed by atoms with Crippen LogP contribution in [0.2, 0.25) is 0 Å². The summed E-state index contributed by atoms with van der Waals surface area (Å²) in [7, 11) is 1.64. The van der Waals surface area contributed by atoms with Gasteiger partial charge in [0.2, 0.25) is 5.91 Å². The van der Waals surface area contributed by atoms with Crippen molar-refractivity contribution >= 4 is 17.2 Å². The summed E-state index contributed by atoms with van der Waals surface area (Å²) in [5.41, 5.74) is 0. The number of rotatable bonds is 5. The van der Waals surface area contributed by atoms with Gasteiger partial charge in [-0.05, 0) is 17.9 Å². The van der Waals surface area contributed by atoms with Gasteiger partial charge in [-0.3, -0.25) is 4.79 Å². The molecule has 13 heavy (non-hydrogen) atoms. The molecule has 1 amide bonds. The fourth-order valence-corrected chi connectivity index (χ4v) is 1.67. The van der Waals surface area contributed by atoms with Crippen LogP contribution in [0.3, 0.4) is 0 Å². The lowest BCUT2D eigenvalue weighted by Crippen LogP contribution is -2.32. The van der Waals surface area contributed by atoms with Gasteiger partial charge < -0.3 is 10.6 Å². The van der Waals surface area contributed by atoms with Crippen molar-refractivity contribution in [3.8, 4) is 0 Å². The van der Waals surface area contributed by atoms with E-state index in [1.54, 1.807) is 18.4 Å². The molecule has 0 aliphatic carbocycles. The van der Waals surface area contributed by atoms with Crippen molar-refractivity contribution in [3.05, 3.63) is 22.4 Å². The summed E-state index contributed by atoms with van der Waals surface area (Å²) in [5.74, 6) is 0.0335. The van der Waals surface area contributed by atoms with Gasteiger partial charge in [-0.25, -0.2) is 0 Å². The van der Waals surface area contributed by atoms with Crippen molar-refractivity contribution in [2.45, 2.75) is 6.42 Å². The molecule has 2 N–H and O–H groups in total. The zero-order chi connectivity index (χ0) is 9.52. The van der Waals surface area contributed by atoms with E-state index in [9.17, 15) is 4.79 Å². The summed E-state index contributed by atoms with van der Waals surface area (Å²) in [5, 5.41) is 7.69. The maximum Gasteiger partial charge on any atom is 0.233 e. The minimum atomic E-state index is 0.0335. The summed E-state index contributed by atoms with van der Waals surface area (Å²) in [6.07, 6.45) is 0.995. The average Bonchev–Trinajstić information content (AvgIpc) is 2.64. The second-order valence-electron chi connectivity index (χ2n) is 2.68. The number of likely N-dealkylation sites (N-methyl/N-ethyl adjacent to an activating group) is 1. The Kier molecular flexibility index (Phi) is 4.49. The molecular weight excluding hydrogens is 184 g/mol. The average molecular weight is 198 g/mol. The van der Waals surface area contributed by atoms with Crippen LogP contribution in [0.1, 0.15) is 4.88 Å². The van der Waals surface area contributed by atoms with Crippen LogP contribution < -0.4 is 10.6 Å². The molecule has 0 bridgehead atoms. The molecule has 0 aromatic carbocycles. The normalized spacial score (nSPS) is 9.92. The second kappa shape index (κ2) is 5.72. The van der Waals surface area contributed by atoms with Crippen LogP contribution in [-0.2, 0) is 11.2 Å². The number of thiophene rings is 1. The molecule has 0 radical (unpaired) electrons. The number of nitrogens with one attached hydrogen (secondary N) is 2. The lowest BCUT2D eigenvalue weighted by Gasteiger charge is -2.01. The number of carbonyl (C=O) groups excluding carboxylic acids is 1. The highest BCUT2D eigenvalue weighted by molar-refractivity contribution is 7.09. The molecule has 0 saturated carbocycles. The van der Waals surface area contributed by atoms with Crippen LogP contribution in [0.25, 0.3) is 0 Å². The van der Waals surface area contributed by atoms with Gasteiger partial charge in [0.1, 0.15) is 0 Å². The first kappa shape index (κ1) is 10.2. The maximum absolute atomic E-state index is 10.8. The van der Waals surface area contributed by atoms with Crippen molar-refractivity contribution in [1.82, 2.24) is 10.6 Å². The first-order valence-electron chi connectivity index (χ1n) is 4.26. The Hall–Kier alpha value is -0.870. The summed E-state index contributed by atoms with van der Waals surface area (Å²) in [4.78, 5) is 12.2. The van der Waals surface area contributed by atoms with Gasteiger partial charge in [0, 0.05) is 18.5 Å². The van der Waals surface area contributed by atoms with Gasteiger partial charge in [0.15, 0.2) is 0 Å². The molecule has 0 saturated heterocycles. The Morgan fingerprint density at radius 3 is 3.08 bits per heavy atom. The van der Waals surface area contributed by atoms with Crippen molar-refractivity contribution < 1.29 is 4.79 Å². The Morgan fingerprint density at radius 1 is 1.62 bits per heavy atom. The Morgan fingerprint density at radius 2 is 2.46 bits per heavy atom. The smallest absolute Gasteiger partial charge is 0.233 e. The summed E-state index contributed by atoms with van der Waals surface area (Å²) >= 11 is 1.75. The number of hydrogen-bond acceptors (Lipinski definition) is 3. The van der Waals surface area contributed by atoms with E-state index >= 15 is 0 Å². The molecule has 72 valence electrons. The second-order valence-corrected chi connectivity index (χ2v) is 3.71.